The van der Waals surface area contributed by atoms with Gasteiger partial charge in [-0.2, -0.15) is 0 Å². The molecule has 0 aliphatic carbocycles. The summed E-state index contributed by atoms with van der Waals surface area (Å²) >= 11 is 3.52. The van der Waals surface area contributed by atoms with Gasteiger partial charge in [-0.3, -0.25) is 0 Å². The van der Waals surface area contributed by atoms with Crippen molar-refractivity contribution in [2.24, 2.45) is 0 Å². The number of benzene rings is 1. The van der Waals surface area contributed by atoms with Crippen LogP contribution in [0.1, 0.15) is 45.2 Å². The van der Waals surface area contributed by atoms with E-state index in [9.17, 15) is 0 Å². The Kier molecular flexibility index (Phi) is 5.47. The normalized spacial score (nSPS) is 25.1. The molecule has 1 aromatic rings. The van der Waals surface area contributed by atoms with Gasteiger partial charge in [0.25, 0.3) is 0 Å². The van der Waals surface area contributed by atoms with Gasteiger partial charge in [0.05, 0.1) is 6.61 Å². The van der Waals surface area contributed by atoms with Crippen LogP contribution >= 0.6 is 15.9 Å². The molecule has 3 nitrogen and oxygen atoms in total. The van der Waals surface area contributed by atoms with Crippen LogP contribution < -0.4 is 10.1 Å². The average molecular weight is 342 g/mol. The number of nitrogens with one attached hydrogen (secondary N) is 1. The van der Waals surface area contributed by atoms with Gasteiger partial charge in [0.15, 0.2) is 0 Å². The summed E-state index contributed by atoms with van der Waals surface area (Å²) in [6.07, 6.45) is 2.06. The Labute approximate surface area is 130 Å². The van der Waals surface area contributed by atoms with Crippen molar-refractivity contribution in [1.82, 2.24) is 5.32 Å². The van der Waals surface area contributed by atoms with Crippen molar-refractivity contribution >= 4 is 15.9 Å². The predicted molar refractivity (Wildman–Crippen MR) is 85.3 cm³/mol. The first-order valence-electron chi connectivity index (χ1n) is 7.37. The zero-order valence-electron chi connectivity index (χ0n) is 12.5. The van der Waals surface area contributed by atoms with E-state index < -0.39 is 0 Å². The standard InChI is InChI=1S/C16H24BrNO2/c1-4-8-18-14-10-16(3,11-19-5-2)20-15-9-12(17)6-7-13(14)15/h6-7,9,14,18H,4-5,8,10-11H2,1-3H3. The summed E-state index contributed by atoms with van der Waals surface area (Å²) in [6, 6.07) is 6.61. The molecule has 1 aromatic carbocycles. The fourth-order valence-electron chi connectivity index (χ4n) is 2.64. The number of ether oxygens (including phenoxy) is 2. The van der Waals surface area contributed by atoms with Crippen LogP contribution in [-0.4, -0.2) is 25.4 Å². The quantitative estimate of drug-likeness (QED) is 0.845. The largest absolute Gasteiger partial charge is 0.485 e. The summed E-state index contributed by atoms with van der Waals surface area (Å²) in [6.45, 7) is 8.70. The Morgan fingerprint density at radius 3 is 2.95 bits per heavy atom. The molecule has 0 radical (unpaired) electrons. The summed E-state index contributed by atoms with van der Waals surface area (Å²) in [4.78, 5) is 0. The monoisotopic (exact) mass is 341 g/mol. The molecule has 20 heavy (non-hydrogen) atoms. The summed E-state index contributed by atoms with van der Waals surface area (Å²) in [5.74, 6) is 0.960. The lowest BCUT2D eigenvalue weighted by Crippen LogP contribution is -2.45. The maximum atomic E-state index is 6.22. The second-order valence-corrected chi connectivity index (χ2v) is 6.50. The zero-order valence-corrected chi connectivity index (χ0v) is 14.1. The van der Waals surface area contributed by atoms with Gasteiger partial charge in [-0.25, -0.2) is 0 Å². The molecule has 0 saturated heterocycles. The maximum absolute atomic E-state index is 6.22. The van der Waals surface area contributed by atoms with E-state index in [-0.39, 0.29) is 5.60 Å². The van der Waals surface area contributed by atoms with E-state index in [0.717, 1.165) is 36.2 Å². The molecule has 0 saturated carbocycles. The lowest BCUT2D eigenvalue weighted by molar-refractivity contribution is -0.0332. The molecule has 0 fully saturated rings. The molecular formula is C16H24BrNO2. The van der Waals surface area contributed by atoms with Gasteiger partial charge in [0, 0.05) is 29.1 Å². The van der Waals surface area contributed by atoms with Gasteiger partial charge in [-0.1, -0.05) is 28.9 Å². The highest BCUT2D eigenvalue weighted by molar-refractivity contribution is 9.10. The topological polar surface area (TPSA) is 30.5 Å². The number of rotatable bonds is 6. The molecule has 0 bridgehead atoms. The van der Waals surface area contributed by atoms with Crippen LogP contribution in [0.5, 0.6) is 5.75 Å². The Bertz CT molecular complexity index is 452. The Balaban J connectivity index is 2.24. The minimum absolute atomic E-state index is 0.269. The van der Waals surface area contributed by atoms with Crippen LogP contribution in [0, 0.1) is 0 Å². The Morgan fingerprint density at radius 2 is 2.25 bits per heavy atom. The molecule has 112 valence electrons. The van der Waals surface area contributed by atoms with E-state index in [1.807, 2.05) is 6.92 Å². The highest BCUT2D eigenvalue weighted by Crippen LogP contribution is 2.41. The Morgan fingerprint density at radius 1 is 1.45 bits per heavy atom. The molecule has 2 rings (SSSR count). The van der Waals surface area contributed by atoms with Crippen molar-refractivity contribution in [2.45, 2.75) is 45.3 Å². The molecular weight excluding hydrogens is 318 g/mol. The van der Waals surface area contributed by atoms with Crippen LogP contribution in [0.4, 0.5) is 0 Å². The van der Waals surface area contributed by atoms with Gasteiger partial charge in [0.1, 0.15) is 11.4 Å². The first kappa shape index (κ1) is 15.8. The number of hydrogen-bond acceptors (Lipinski definition) is 3. The third kappa shape index (κ3) is 3.74. The van der Waals surface area contributed by atoms with Gasteiger partial charge >= 0.3 is 0 Å². The molecule has 0 amide bonds. The lowest BCUT2D eigenvalue weighted by atomic mass is 9.89. The zero-order chi connectivity index (χ0) is 14.6. The summed E-state index contributed by atoms with van der Waals surface area (Å²) in [5.41, 5.74) is 0.977. The molecule has 0 spiro atoms. The molecule has 1 aliphatic rings. The number of hydrogen-bond donors (Lipinski definition) is 1. The van der Waals surface area contributed by atoms with E-state index in [2.05, 4.69) is 53.3 Å². The first-order chi connectivity index (χ1) is 9.58. The van der Waals surface area contributed by atoms with E-state index in [1.165, 1.54) is 5.56 Å². The minimum atomic E-state index is -0.269. The van der Waals surface area contributed by atoms with Crippen LogP contribution in [0.25, 0.3) is 0 Å². The van der Waals surface area contributed by atoms with Crippen molar-refractivity contribution in [3.8, 4) is 5.75 Å². The molecule has 2 atom stereocenters. The Hall–Kier alpha value is -0.580. The van der Waals surface area contributed by atoms with Gasteiger partial charge < -0.3 is 14.8 Å². The number of fused-ring (bicyclic) bond motifs is 1. The van der Waals surface area contributed by atoms with Gasteiger partial charge in [-0.05, 0) is 38.9 Å². The number of halogens is 1. The van der Waals surface area contributed by atoms with E-state index in [1.54, 1.807) is 0 Å². The maximum Gasteiger partial charge on any atom is 0.131 e. The van der Waals surface area contributed by atoms with Crippen molar-refractivity contribution in [3.63, 3.8) is 0 Å². The summed E-state index contributed by atoms with van der Waals surface area (Å²) in [7, 11) is 0. The fraction of sp³-hybridized carbons (Fsp3) is 0.625. The predicted octanol–water partition coefficient (Wildman–Crippen LogP) is 4.07. The highest BCUT2D eigenvalue weighted by atomic mass is 79.9. The van der Waals surface area contributed by atoms with Crippen molar-refractivity contribution < 1.29 is 9.47 Å². The van der Waals surface area contributed by atoms with Gasteiger partial charge in [-0.15, -0.1) is 0 Å². The second kappa shape index (κ2) is 6.92. The smallest absolute Gasteiger partial charge is 0.131 e. The second-order valence-electron chi connectivity index (χ2n) is 5.58. The van der Waals surface area contributed by atoms with Crippen LogP contribution in [0.3, 0.4) is 0 Å². The van der Waals surface area contributed by atoms with E-state index in [4.69, 9.17) is 9.47 Å². The molecule has 4 heteroatoms. The molecule has 1 heterocycles. The lowest BCUT2D eigenvalue weighted by Gasteiger charge is -2.40. The summed E-state index contributed by atoms with van der Waals surface area (Å²) < 4.78 is 12.9. The molecule has 0 aromatic heterocycles. The minimum Gasteiger partial charge on any atom is -0.485 e. The van der Waals surface area contributed by atoms with Crippen molar-refractivity contribution in [3.05, 3.63) is 28.2 Å². The van der Waals surface area contributed by atoms with Crippen molar-refractivity contribution in [1.29, 1.82) is 0 Å². The fourth-order valence-corrected chi connectivity index (χ4v) is 2.98. The van der Waals surface area contributed by atoms with E-state index >= 15 is 0 Å². The highest BCUT2D eigenvalue weighted by Gasteiger charge is 2.37. The summed E-state index contributed by atoms with van der Waals surface area (Å²) in [5, 5.41) is 3.63. The SMILES string of the molecule is CCCNC1CC(C)(COCC)Oc2cc(Br)ccc21. The van der Waals surface area contributed by atoms with Gasteiger partial charge in [0.2, 0.25) is 0 Å². The van der Waals surface area contributed by atoms with Crippen molar-refractivity contribution in [2.75, 3.05) is 19.8 Å². The van der Waals surface area contributed by atoms with Crippen LogP contribution in [0.2, 0.25) is 0 Å². The average Bonchev–Trinajstić information content (AvgIpc) is 2.42. The molecule has 1 N–H and O–H groups in total. The third-order valence-electron chi connectivity index (χ3n) is 3.60. The molecule has 2 unspecified atom stereocenters. The van der Waals surface area contributed by atoms with E-state index in [0.29, 0.717) is 12.6 Å². The third-order valence-corrected chi connectivity index (χ3v) is 4.09. The molecule has 1 aliphatic heterocycles. The van der Waals surface area contributed by atoms with Crippen LogP contribution in [-0.2, 0) is 4.74 Å². The first-order valence-corrected chi connectivity index (χ1v) is 8.17. The van der Waals surface area contributed by atoms with Crippen LogP contribution in [0.15, 0.2) is 22.7 Å².